The van der Waals surface area contributed by atoms with E-state index < -0.39 is 0 Å². The van der Waals surface area contributed by atoms with Crippen LogP contribution in [0.3, 0.4) is 0 Å². The van der Waals surface area contributed by atoms with Gasteiger partial charge in [-0.3, -0.25) is 0 Å². The molecule has 0 aromatic rings. The van der Waals surface area contributed by atoms with Gasteiger partial charge in [-0.2, -0.15) is 0 Å². The molecule has 0 amide bonds. The van der Waals surface area contributed by atoms with Crippen LogP contribution in [0, 0.1) is 11.8 Å². The van der Waals surface area contributed by atoms with E-state index in [2.05, 4.69) is 11.8 Å². The van der Waals surface area contributed by atoms with Gasteiger partial charge in [-0.25, -0.2) is 0 Å². The highest BCUT2D eigenvalue weighted by Gasteiger charge is 2.23. The number of epoxide rings is 1. The second-order valence-electron chi connectivity index (χ2n) is 2.70. The van der Waals surface area contributed by atoms with E-state index in [0.29, 0.717) is 12.7 Å². The van der Waals surface area contributed by atoms with Gasteiger partial charge in [0.2, 0.25) is 0 Å². The van der Waals surface area contributed by atoms with Gasteiger partial charge in [-0.15, -0.1) is 0 Å². The maximum Gasteiger partial charge on any atom is 0.116 e. The number of hydrogen-bond acceptors (Lipinski definition) is 2. The quantitative estimate of drug-likeness (QED) is 0.443. The minimum Gasteiger partial charge on any atom is -0.494 e. The van der Waals surface area contributed by atoms with Gasteiger partial charge in [0.05, 0.1) is 6.61 Å². The van der Waals surface area contributed by atoms with Gasteiger partial charge in [0.1, 0.15) is 18.5 Å². The molecule has 2 heteroatoms. The van der Waals surface area contributed by atoms with E-state index >= 15 is 0 Å². The molecule has 1 fully saturated rings. The lowest BCUT2D eigenvalue weighted by Gasteiger charge is -2.07. The van der Waals surface area contributed by atoms with Crippen molar-refractivity contribution in [1.29, 1.82) is 0 Å². The van der Waals surface area contributed by atoms with Gasteiger partial charge in [0, 0.05) is 18.9 Å². The van der Waals surface area contributed by atoms with Crippen LogP contribution < -0.4 is 0 Å². The zero-order valence-corrected chi connectivity index (χ0v) is 6.30. The van der Waals surface area contributed by atoms with Gasteiger partial charge < -0.3 is 9.47 Å². The Morgan fingerprint density at radius 3 is 3.27 bits per heavy atom. The van der Waals surface area contributed by atoms with Gasteiger partial charge >= 0.3 is 0 Å². The van der Waals surface area contributed by atoms with Crippen molar-refractivity contribution in [3.8, 4) is 11.8 Å². The van der Waals surface area contributed by atoms with Gasteiger partial charge in [0.15, 0.2) is 0 Å². The Hall–Kier alpha value is -0.940. The van der Waals surface area contributed by atoms with Gasteiger partial charge in [-0.1, -0.05) is 11.8 Å². The number of allylic oxidation sites excluding steroid dienone is 2. The molecule has 0 aromatic heterocycles. The SMILES string of the molecule is C1#CCCC(OCC2CO2)=C1. The first-order valence-electron chi connectivity index (χ1n) is 3.87. The molecule has 1 aliphatic carbocycles. The minimum absolute atomic E-state index is 0.353. The van der Waals surface area contributed by atoms with Crippen LogP contribution in [0.15, 0.2) is 11.8 Å². The summed E-state index contributed by atoms with van der Waals surface area (Å²) < 4.78 is 10.5. The van der Waals surface area contributed by atoms with E-state index in [4.69, 9.17) is 9.47 Å². The third kappa shape index (κ3) is 1.99. The number of hydrogen-bond donors (Lipinski definition) is 0. The Kier molecular flexibility index (Phi) is 1.83. The van der Waals surface area contributed by atoms with Crippen LogP contribution in [0.5, 0.6) is 0 Å². The molecule has 0 saturated carbocycles. The fourth-order valence-corrected chi connectivity index (χ4v) is 0.940. The standard InChI is InChI=1S/C9H10O2/c1-2-4-8(5-3-1)10-6-9-7-11-9/h5,9H,2,4,6-7H2. The monoisotopic (exact) mass is 150 g/mol. The Morgan fingerprint density at radius 2 is 2.64 bits per heavy atom. The van der Waals surface area contributed by atoms with Crippen LogP contribution in [0.1, 0.15) is 12.8 Å². The first-order chi connectivity index (χ1) is 5.45. The van der Waals surface area contributed by atoms with Crippen molar-refractivity contribution >= 4 is 0 Å². The summed E-state index contributed by atoms with van der Waals surface area (Å²) in [4.78, 5) is 0. The molecular weight excluding hydrogens is 140 g/mol. The lowest BCUT2D eigenvalue weighted by molar-refractivity contribution is 0.175. The third-order valence-electron chi connectivity index (χ3n) is 1.69. The molecule has 1 atom stereocenters. The van der Waals surface area contributed by atoms with Crippen LogP contribution in [0.2, 0.25) is 0 Å². The summed E-state index contributed by atoms with van der Waals surface area (Å²) in [6, 6.07) is 0. The molecule has 0 spiro atoms. The van der Waals surface area contributed by atoms with E-state index in [0.717, 1.165) is 25.2 Å². The summed E-state index contributed by atoms with van der Waals surface area (Å²) in [5.41, 5.74) is 0. The van der Waals surface area contributed by atoms with Gasteiger partial charge in [0.25, 0.3) is 0 Å². The highest BCUT2D eigenvalue weighted by Crippen LogP contribution is 2.14. The van der Waals surface area contributed by atoms with E-state index in [9.17, 15) is 0 Å². The fourth-order valence-electron chi connectivity index (χ4n) is 0.940. The van der Waals surface area contributed by atoms with E-state index in [1.807, 2.05) is 6.08 Å². The molecule has 11 heavy (non-hydrogen) atoms. The molecule has 1 unspecified atom stereocenters. The van der Waals surface area contributed by atoms with Gasteiger partial charge in [-0.05, 0) is 0 Å². The minimum atomic E-state index is 0.353. The van der Waals surface area contributed by atoms with Crippen molar-refractivity contribution in [2.24, 2.45) is 0 Å². The Balaban J connectivity index is 1.76. The first-order valence-corrected chi connectivity index (χ1v) is 3.87. The van der Waals surface area contributed by atoms with E-state index in [1.54, 1.807) is 0 Å². The summed E-state index contributed by atoms with van der Waals surface area (Å²) in [5.74, 6) is 6.89. The Labute approximate surface area is 66.2 Å². The summed E-state index contributed by atoms with van der Waals surface area (Å²) in [7, 11) is 0. The predicted octanol–water partition coefficient (Wildman–Crippen LogP) is 1.08. The van der Waals surface area contributed by atoms with E-state index in [-0.39, 0.29) is 0 Å². The normalized spacial score (nSPS) is 26.5. The zero-order chi connectivity index (χ0) is 7.52. The van der Waals surface area contributed by atoms with Crippen molar-refractivity contribution in [2.75, 3.05) is 13.2 Å². The van der Waals surface area contributed by atoms with Crippen LogP contribution in [0.25, 0.3) is 0 Å². The summed E-state index contributed by atoms with van der Waals surface area (Å²) in [6.45, 7) is 1.56. The zero-order valence-electron chi connectivity index (χ0n) is 6.30. The van der Waals surface area contributed by atoms with E-state index in [1.165, 1.54) is 0 Å². The lowest BCUT2D eigenvalue weighted by Crippen LogP contribution is -2.02. The molecule has 0 radical (unpaired) electrons. The predicted molar refractivity (Wildman–Crippen MR) is 40.8 cm³/mol. The smallest absolute Gasteiger partial charge is 0.116 e. The first kappa shape index (κ1) is 6.75. The fraction of sp³-hybridized carbons (Fsp3) is 0.556. The molecule has 1 saturated heterocycles. The summed E-state index contributed by atoms with van der Waals surface area (Å²) in [6.07, 6.45) is 4.09. The van der Waals surface area contributed by atoms with Crippen molar-refractivity contribution in [1.82, 2.24) is 0 Å². The van der Waals surface area contributed by atoms with Crippen molar-refractivity contribution in [3.63, 3.8) is 0 Å². The maximum atomic E-state index is 5.44. The second-order valence-corrected chi connectivity index (χ2v) is 2.70. The Morgan fingerprint density at radius 1 is 1.73 bits per heavy atom. The van der Waals surface area contributed by atoms with Crippen LogP contribution in [0.4, 0.5) is 0 Å². The molecular formula is C9H10O2. The third-order valence-corrected chi connectivity index (χ3v) is 1.69. The summed E-state index contributed by atoms with van der Waals surface area (Å²) in [5, 5.41) is 0. The molecule has 0 aromatic carbocycles. The summed E-state index contributed by atoms with van der Waals surface area (Å²) >= 11 is 0. The number of rotatable bonds is 3. The average Bonchev–Trinajstić information content (AvgIpc) is 2.86. The van der Waals surface area contributed by atoms with Crippen molar-refractivity contribution in [2.45, 2.75) is 18.9 Å². The van der Waals surface area contributed by atoms with Crippen LogP contribution >= 0.6 is 0 Å². The highest BCUT2D eigenvalue weighted by atomic mass is 16.6. The largest absolute Gasteiger partial charge is 0.494 e. The number of ether oxygens (including phenoxy) is 2. The molecule has 1 aliphatic heterocycles. The van der Waals surface area contributed by atoms with Crippen LogP contribution in [-0.2, 0) is 9.47 Å². The lowest BCUT2D eigenvalue weighted by atomic mass is 10.2. The molecule has 1 heterocycles. The van der Waals surface area contributed by atoms with Crippen LogP contribution in [-0.4, -0.2) is 19.3 Å². The maximum absolute atomic E-state index is 5.44. The Bertz CT molecular complexity index is 228. The molecule has 58 valence electrons. The molecule has 2 rings (SSSR count). The molecule has 2 aliphatic rings. The molecule has 0 bridgehead atoms. The molecule has 0 N–H and O–H groups in total. The van der Waals surface area contributed by atoms with Crippen molar-refractivity contribution in [3.05, 3.63) is 11.8 Å². The average molecular weight is 150 g/mol. The highest BCUT2D eigenvalue weighted by molar-refractivity contribution is 5.23. The molecule has 2 nitrogen and oxygen atoms in total. The second kappa shape index (κ2) is 2.98. The topological polar surface area (TPSA) is 21.8 Å². The van der Waals surface area contributed by atoms with Crippen molar-refractivity contribution < 1.29 is 9.47 Å².